The minimum atomic E-state index is 0.465. The number of ether oxygens (including phenoxy) is 1. The molecule has 0 saturated carbocycles. The number of hydrogen-bond acceptors (Lipinski definition) is 5. The van der Waals surface area contributed by atoms with Crippen LogP contribution in [0.4, 0.5) is 22.7 Å². The lowest BCUT2D eigenvalue weighted by atomic mass is 10.2. The molecule has 0 amide bonds. The minimum Gasteiger partial charge on any atom is -0.399 e. The van der Waals surface area contributed by atoms with Crippen LogP contribution in [0.3, 0.4) is 0 Å². The van der Waals surface area contributed by atoms with E-state index >= 15 is 0 Å². The van der Waals surface area contributed by atoms with Crippen molar-refractivity contribution < 1.29 is 4.74 Å². The lowest BCUT2D eigenvalue weighted by Gasteiger charge is -2.06. The molecule has 0 bridgehead atoms. The zero-order valence-electron chi connectivity index (χ0n) is 11.4. The lowest BCUT2D eigenvalue weighted by Crippen LogP contribution is -1.94. The Balaban J connectivity index is 2.23. The van der Waals surface area contributed by atoms with E-state index < -0.39 is 0 Å². The molecular weight excluding hydrogens is 252 g/mol. The molecule has 0 aromatic heterocycles. The molecule has 0 atom stereocenters. The van der Waals surface area contributed by atoms with Crippen molar-refractivity contribution in [1.29, 1.82) is 0 Å². The van der Waals surface area contributed by atoms with Gasteiger partial charge in [0, 0.05) is 23.5 Å². The van der Waals surface area contributed by atoms with Gasteiger partial charge in [-0.25, -0.2) is 0 Å². The fourth-order valence-corrected chi connectivity index (χ4v) is 1.73. The second-order valence-corrected chi connectivity index (χ2v) is 4.32. The molecule has 0 heterocycles. The zero-order valence-corrected chi connectivity index (χ0v) is 11.4. The Bertz CT molecular complexity index is 611. The number of anilines is 2. The largest absolute Gasteiger partial charge is 0.399 e. The fraction of sp³-hybridized carbons (Fsp3) is 0.200. The molecule has 0 aliphatic rings. The maximum Gasteiger partial charge on any atom is 0.0913 e. The summed E-state index contributed by atoms with van der Waals surface area (Å²) in [6.07, 6.45) is 0. The summed E-state index contributed by atoms with van der Waals surface area (Å²) in [7, 11) is 0. The van der Waals surface area contributed by atoms with Gasteiger partial charge in [0.15, 0.2) is 0 Å². The molecule has 2 aromatic carbocycles. The van der Waals surface area contributed by atoms with Crippen molar-refractivity contribution in [3.63, 3.8) is 0 Å². The summed E-state index contributed by atoms with van der Waals surface area (Å²) in [6.45, 7) is 3.05. The van der Waals surface area contributed by atoms with Gasteiger partial charge in [0.25, 0.3) is 0 Å². The third-order valence-corrected chi connectivity index (χ3v) is 2.71. The van der Waals surface area contributed by atoms with Gasteiger partial charge < -0.3 is 16.2 Å². The molecule has 0 radical (unpaired) electrons. The van der Waals surface area contributed by atoms with Crippen molar-refractivity contribution in [1.82, 2.24) is 0 Å². The van der Waals surface area contributed by atoms with E-state index in [2.05, 4.69) is 10.2 Å². The van der Waals surface area contributed by atoms with Gasteiger partial charge in [-0.05, 0) is 43.3 Å². The first-order chi connectivity index (χ1) is 9.69. The van der Waals surface area contributed by atoms with E-state index in [1.54, 1.807) is 12.1 Å². The molecule has 0 aliphatic carbocycles. The van der Waals surface area contributed by atoms with Crippen molar-refractivity contribution in [2.24, 2.45) is 10.2 Å². The number of nitrogens with zero attached hydrogens (tertiary/aromatic N) is 2. The van der Waals surface area contributed by atoms with E-state index in [0.29, 0.717) is 30.3 Å². The average molecular weight is 270 g/mol. The first-order valence-corrected chi connectivity index (χ1v) is 6.42. The molecule has 0 spiro atoms. The van der Waals surface area contributed by atoms with Gasteiger partial charge in [-0.15, -0.1) is 0 Å². The van der Waals surface area contributed by atoms with Crippen LogP contribution >= 0.6 is 0 Å². The van der Waals surface area contributed by atoms with Crippen LogP contribution in [0.25, 0.3) is 0 Å². The highest BCUT2D eigenvalue weighted by Gasteiger charge is 2.03. The number of rotatable bonds is 5. The van der Waals surface area contributed by atoms with Gasteiger partial charge in [0.1, 0.15) is 0 Å². The highest BCUT2D eigenvalue weighted by atomic mass is 16.5. The Hall–Kier alpha value is -2.40. The van der Waals surface area contributed by atoms with Crippen LogP contribution < -0.4 is 11.5 Å². The Morgan fingerprint density at radius 3 is 2.55 bits per heavy atom. The number of nitrogen functional groups attached to an aromatic ring is 2. The van der Waals surface area contributed by atoms with Gasteiger partial charge >= 0.3 is 0 Å². The monoisotopic (exact) mass is 270 g/mol. The van der Waals surface area contributed by atoms with Crippen LogP contribution in [-0.4, -0.2) is 6.61 Å². The Morgan fingerprint density at radius 1 is 1.00 bits per heavy atom. The molecule has 20 heavy (non-hydrogen) atoms. The Morgan fingerprint density at radius 2 is 1.80 bits per heavy atom. The minimum absolute atomic E-state index is 0.465. The summed E-state index contributed by atoms with van der Waals surface area (Å²) in [5, 5.41) is 8.43. The number of hydrogen-bond donors (Lipinski definition) is 2. The Labute approximate surface area is 118 Å². The summed E-state index contributed by atoms with van der Waals surface area (Å²) in [6, 6.07) is 12.7. The standard InChI is InChI=1S/C15H18N4O/c1-2-20-10-11-8-13(17)6-7-15(11)19-18-14-5-3-4-12(16)9-14/h3-9H,2,10,16-17H2,1H3/b19-18+. The molecule has 2 aromatic rings. The van der Waals surface area contributed by atoms with Crippen LogP contribution in [0.2, 0.25) is 0 Å². The highest BCUT2D eigenvalue weighted by molar-refractivity contribution is 5.55. The smallest absolute Gasteiger partial charge is 0.0913 e. The fourth-order valence-electron chi connectivity index (χ4n) is 1.73. The zero-order chi connectivity index (χ0) is 14.4. The van der Waals surface area contributed by atoms with Gasteiger partial charge in [-0.3, -0.25) is 0 Å². The predicted octanol–water partition coefficient (Wildman–Crippen LogP) is 3.80. The SMILES string of the molecule is CCOCc1cc(N)ccc1/N=N/c1cccc(N)c1. The van der Waals surface area contributed by atoms with E-state index in [4.69, 9.17) is 16.2 Å². The van der Waals surface area contributed by atoms with Crippen molar-refractivity contribution in [2.75, 3.05) is 18.1 Å². The normalized spacial score (nSPS) is 11.1. The van der Waals surface area contributed by atoms with E-state index in [-0.39, 0.29) is 0 Å². The molecule has 4 N–H and O–H groups in total. The van der Waals surface area contributed by atoms with Gasteiger partial charge in [-0.2, -0.15) is 10.2 Å². The molecular formula is C15H18N4O. The summed E-state index contributed by atoms with van der Waals surface area (Å²) in [5.74, 6) is 0. The van der Waals surface area contributed by atoms with E-state index in [1.165, 1.54) is 0 Å². The van der Waals surface area contributed by atoms with Crippen molar-refractivity contribution >= 4 is 22.7 Å². The molecule has 104 valence electrons. The van der Waals surface area contributed by atoms with Gasteiger partial charge in [0.2, 0.25) is 0 Å². The average Bonchev–Trinajstić information content (AvgIpc) is 2.44. The lowest BCUT2D eigenvalue weighted by molar-refractivity contribution is 0.134. The van der Waals surface area contributed by atoms with E-state index in [1.807, 2.05) is 37.3 Å². The number of azo groups is 1. The number of nitrogens with two attached hydrogens (primary N) is 2. The van der Waals surface area contributed by atoms with Crippen LogP contribution in [0.5, 0.6) is 0 Å². The van der Waals surface area contributed by atoms with Crippen LogP contribution in [0.15, 0.2) is 52.7 Å². The Kier molecular flexibility index (Phi) is 4.68. The second-order valence-electron chi connectivity index (χ2n) is 4.32. The summed E-state index contributed by atoms with van der Waals surface area (Å²) in [4.78, 5) is 0. The van der Waals surface area contributed by atoms with Gasteiger partial charge in [0.05, 0.1) is 18.0 Å². The van der Waals surface area contributed by atoms with Gasteiger partial charge in [-0.1, -0.05) is 6.07 Å². The molecule has 2 rings (SSSR count). The summed E-state index contributed by atoms with van der Waals surface area (Å²) >= 11 is 0. The van der Waals surface area contributed by atoms with Crippen molar-refractivity contribution in [3.05, 3.63) is 48.0 Å². The molecule has 0 fully saturated rings. The molecule has 0 unspecified atom stereocenters. The summed E-state index contributed by atoms with van der Waals surface area (Å²) in [5.41, 5.74) is 15.2. The second kappa shape index (κ2) is 6.68. The van der Waals surface area contributed by atoms with E-state index in [9.17, 15) is 0 Å². The maximum absolute atomic E-state index is 5.78. The van der Waals surface area contributed by atoms with Crippen LogP contribution in [0.1, 0.15) is 12.5 Å². The predicted molar refractivity (Wildman–Crippen MR) is 81.2 cm³/mol. The third kappa shape index (κ3) is 3.80. The quantitative estimate of drug-likeness (QED) is 0.640. The summed E-state index contributed by atoms with van der Waals surface area (Å²) < 4.78 is 5.41. The molecule has 5 heteroatoms. The first kappa shape index (κ1) is 14.0. The number of benzene rings is 2. The molecule has 0 saturated heterocycles. The van der Waals surface area contributed by atoms with Crippen molar-refractivity contribution in [2.45, 2.75) is 13.5 Å². The molecule has 5 nitrogen and oxygen atoms in total. The molecule has 0 aliphatic heterocycles. The third-order valence-electron chi connectivity index (χ3n) is 2.71. The topological polar surface area (TPSA) is 86.0 Å². The highest BCUT2D eigenvalue weighted by Crippen LogP contribution is 2.25. The van der Waals surface area contributed by atoms with Crippen molar-refractivity contribution in [3.8, 4) is 0 Å². The first-order valence-electron chi connectivity index (χ1n) is 6.42. The maximum atomic E-state index is 5.78. The van der Waals surface area contributed by atoms with Crippen LogP contribution in [-0.2, 0) is 11.3 Å². The van der Waals surface area contributed by atoms with Crippen LogP contribution in [0, 0.1) is 0 Å². The van der Waals surface area contributed by atoms with E-state index in [0.717, 1.165) is 11.3 Å².